The first-order valence-corrected chi connectivity index (χ1v) is 10.4. The fourth-order valence-electron chi connectivity index (χ4n) is 3.38. The van der Waals surface area contributed by atoms with Crippen LogP contribution in [0.25, 0.3) is 0 Å². The smallest absolute Gasteiger partial charge is 0.203 e. The van der Waals surface area contributed by atoms with E-state index in [9.17, 15) is 0 Å². The van der Waals surface area contributed by atoms with Crippen molar-refractivity contribution in [1.29, 1.82) is 0 Å². The lowest BCUT2D eigenvalue weighted by atomic mass is 10.1. The fraction of sp³-hybridized carbons (Fsp3) is 0.292. The number of aryl methyl sites for hydroxylation is 1. The zero-order valence-corrected chi connectivity index (χ0v) is 19.7. The van der Waals surface area contributed by atoms with Gasteiger partial charge in [0.25, 0.3) is 0 Å². The molecule has 0 aliphatic heterocycles. The summed E-state index contributed by atoms with van der Waals surface area (Å²) in [5.74, 6) is 3.21. The largest absolute Gasteiger partial charge is 0.495 e. The molecule has 1 aromatic heterocycles. The van der Waals surface area contributed by atoms with Crippen LogP contribution >= 0.6 is 12.2 Å². The molecule has 1 heterocycles. The zero-order chi connectivity index (χ0) is 23.1. The highest BCUT2D eigenvalue weighted by Crippen LogP contribution is 2.40. The molecule has 32 heavy (non-hydrogen) atoms. The number of ether oxygens (including phenoxy) is 4. The number of hydrogen-bond donors (Lipinski definition) is 1. The summed E-state index contributed by atoms with van der Waals surface area (Å²) in [6.07, 6.45) is 1.64. The number of anilines is 1. The minimum Gasteiger partial charge on any atom is -0.495 e. The van der Waals surface area contributed by atoms with Crippen molar-refractivity contribution in [2.75, 3.05) is 33.8 Å². The van der Waals surface area contributed by atoms with Gasteiger partial charge in [0.2, 0.25) is 5.75 Å². The van der Waals surface area contributed by atoms with E-state index in [1.165, 1.54) is 0 Å². The van der Waals surface area contributed by atoms with Crippen molar-refractivity contribution in [3.05, 3.63) is 65.6 Å². The number of rotatable bonds is 9. The van der Waals surface area contributed by atoms with E-state index in [-0.39, 0.29) is 0 Å². The Bertz CT molecular complexity index is 1050. The molecular weight excluding hydrogens is 428 g/mol. The SMILES string of the molecule is COc1cc(C)ccc1NC(=S)N(Cc1ccco1)Cc1ccc(OC)c(OC)c1OC. The van der Waals surface area contributed by atoms with Crippen molar-refractivity contribution >= 4 is 23.0 Å². The Morgan fingerprint density at radius 2 is 1.66 bits per heavy atom. The third-order valence-corrected chi connectivity index (χ3v) is 5.32. The number of benzene rings is 2. The standard InChI is InChI=1S/C24H28N2O5S/c1-16-8-10-19(21(13-16)28-3)25-24(32)26(15-18-7-6-12-31-18)14-17-9-11-20(27-2)23(30-5)22(17)29-4/h6-13H,14-15H2,1-5H3,(H,25,32). The van der Waals surface area contributed by atoms with E-state index in [1.807, 2.05) is 54.3 Å². The number of furan rings is 1. The van der Waals surface area contributed by atoms with Crippen molar-refractivity contribution in [1.82, 2.24) is 4.90 Å². The van der Waals surface area contributed by atoms with E-state index in [2.05, 4.69) is 5.32 Å². The van der Waals surface area contributed by atoms with Crippen molar-refractivity contribution in [2.24, 2.45) is 0 Å². The summed E-state index contributed by atoms with van der Waals surface area (Å²) in [6, 6.07) is 13.5. The van der Waals surface area contributed by atoms with Gasteiger partial charge in [-0.1, -0.05) is 6.07 Å². The molecule has 0 fully saturated rings. The Balaban J connectivity index is 1.92. The summed E-state index contributed by atoms with van der Waals surface area (Å²) in [7, 11) is 6.42. The molecular formula is C24H28N2O5S. The Kier molecular flexibility index (Phi) is 7.83. The number of hydrogen-bond acceptors (Lipinski definition) is 6. The van der Waals surface area contributed by atoms with Gasteiger partial charge < -0.3 is 33.6 Å². The van der Waals surface area contributed by atoms with E-state index < -0.39 is 0 Å². The first-order valence-electron chi connectivity index (χ1n) is 10.0. The van der Waals surface area contributed by atoms with Gasteiger partial charge >= 0.3 is 0 Å². The summed E-state index contributed by atoms with van der Waals surface area (Å²) in [5.41, 5.74) is 2.77. The Morgan fingerprint density at radius 3 is 2.28 bits per heavy atom. The minimum atomic E-state index is 0.449. The topological polar surface area (TPSA) is 65.3 Å². The number of methoxy groups -OCH3 is 4. The normalized spacial score (nSPS) is 10.4. The van der Waals surface area contributed by atoms with E-state index >= 15 is 0 Å². The fourth-order valence-corrected chi connectivity index (χ4v) is 3.62. The molecule has 0 saturated heterocycles. The average molecular weight is 457 g/mol. The molecule has 0 amide bonds. The molecule has 0 unspecified atom stereocenters. The Hall–Kier alpha value is -3.39. The maximum absolute atomic E-state index is 5.78. The van der Waals surface area contributed by atoms with Crippen molar-refractivity contribution in [3.8, 4) is 23.0 Å². The van der Waals surface area contributed by atoms with Crippen LogP contribution in [0.3, 0.4) is 0 Å². The van der Waals surface area contributed by atoms with Crippen molar-refractivity contribution in [3.63, 3.8) is 0 Å². The monoisotopic (exact) mass is 456 g/mol. The van der Waals surface area contributed by atoms with Crippen molar-refractivity contribution < 1.29 is 23.4 Å². The minimum absolute atomic E-state index is 0.449. The Labute approximate surface area is 193 Å². The zero-order valence-electron chi connectivity index (χ0n) is 18.9. The van der Waals surface area contributed by atoms with Gasteiger partial charge in [-0.25, -0.2) is 0 Å². The van der Waals surface area contributed by atoms with Crippen LogP contribution in [0.5, 0.6) is 23.0 Å². The van der Waals surface area contributed by atoms with Crippen LogP contribution in [0.1, 0.15) is 16.9 Å². The predicted octanol–water partition coefficient (Wildman–Crippen LogP) is 5.02. The average Bonchev–Trinajstić information content (AvgIpc) is 3.32. The van der Waals surface area contributed by atoms with Gasteiger partial charge in [-0.05, 0) is 61.1 Å². The first-order chi connectivity index (χ1) is 15.5. The molecule has 1 N–H and O–H groups in total. The summed E-state index contributed by atoms with van der Waals surface area (Å²) in [4.78, 5) is 1.98. The molecule has 0 spiro atoms. The quantitative estimate of drug-likeness (QED) is 0.450. The van der Waals surface area contributed by atoms with Gasteiger partial charge in [0.05, 0.1) is 46.9 Å². The second-order valence-corrected chi connectivity index (χ2v) is 7.45. The second-order valence-electron chi connectivity index (χ2n) is 7.06. The molecule has 3 rings (SSSR count). The third kappa shape index (κ3) is 5.26. The number of nitrogens with zero attached hydrogens (tertiary/aromatic N) is 1. The molecule has 0 bridgehead atoms. The Morgan fingerprint density at radius 1 is 0.906 bits per heavy atom. The summed E-state index contributed by atoms with van der Waals surface area (Å²) in [5, 5.41) is 3.82. The van der Waals surface area contributed by atoms with E-state index in [0.717, 1.165) is 22.6 Å². The van der Waals surface area contributed by atoms with Crippen LogP contribution in [0.15, 0.2) is 53.1 Å². The summed E-state index contributed by atoms with van der Waals surface area (Å²) < 4.78 is 27.7. The van der Waals surface area contributed by atoms with Crippen LogP contribution < -0.4 is 24.3 Å². The summed E-state index contributed by atoms with van der Waals surface area (Å²) in [6.45, 7) is 2.92. The van der Waals surface area contributed by atoms with Gasteiger partial charge in [-0.3, -0.25) is 0 Å². The predicted molar refractivity (Wildman–Crippen MR) is 128 cm³/mol. The molecule has 3 aromatic rings. The second kappa shape index (κ2) is 10.8. The van der Waals surface area contributed by atoms with Crippen molar-refractivity contribution in [2.45, 2.75) is 20.0 Å². The van der Waals surface area contributed by atoms with E-state index in [1.54, 1.807) is 34.7 Å². The maximum atomic E-state index is 5.78. The molecule has 0 aliphatic rings. The highest BCUT2D eigenvalue weighted by Gasteiger charge is 2.21. The highest BCUT2D eigenvalue weighted by atomic mass is 32.1. The van der Waals surface area contributed by atoms with Gasteiger partial charge in [-0.2, -0.15) is 0 Å². The maximum Gasteiger partial charge on any atom is 0.203 e. The number of nitrogens with one attached hydrogen (secondary N) is 1. The van der Waals surface area contributed by atoms with Gasteiger partial charge in [0.15, 0.2) is 16.6 Å². The lowest BCUT2D eigenvalue weighted by Crippen LogP contribution is -2.34. The van der Waals surface area contributed by atoms with Crippen LogP contribution in [0.2, 0.25) is 0 Å². The van der Waals surface area contributed by atoms with Crippen LogP contribution in [-0.4, -0.2) is 38.5 Å². The molecule has 2 aromatic carbocycles. The lowest BCUT2D eigenvalue weighted by molar-refractivity contribution is 0.313. The lowest BCUT2D eigenvalue weighted by Gasteiger charge is -2.27. The molecule has 7 nitrogen and oxygen atoms in total. The summed E-state index contributed by atoms with van der Waals surface area (Å²) >= 11 is 5.78. The van der Waals surface area contributed by atoms with E-state index in [4.69, 9.17) is 35.6 Å². The number of thiocarbonyl (C=S) groups is 1. The molecule has 0 aliphatic carbocycles. The molecule has 0 saturated carbocycles. The van der Waals surface area contributed by atoms with Gasteiger partial charge in [0.1, 0.15) is 11.5 Å². The molecule has 8 heteroatoms. The van der Waals surface area contributed by atoms with Gasteiger partial charge in [0, 0.05) is 12.1 Å². The third-order valence-electron chi connectivity index (χ3n) is 4.96. The first kappa shape index (κ1) is 23.3. The molecule has 0 atom stereocenters. The van der Waals surface area contributed by atoms with E-state index in [0.29, 0.717) is 41.2 Å². The molecule has 170 valence electrons. The highest BCUT2D eigenvalue weighted by molar-refractivity contribution is 7.80. The van der Waals surface area contributed by atoms with Gasteiger partial charge in [-0.15, -0.1) is 0 Å². The van der Waals surface area contributed by atoms with Crippen LogP contribution in [-0.2, 0) is 13.1 Å². The van der Waals surface area contributed by atoms with Crippen LogP contribution in [0.4, 0.5) is 5.69 Å². The molecule has 0 radical (unpaired) electrons. The van der Waals surface area contributed by atoms with Crippen LogP contribution in [0, 0.1) is 6.92 Å².